The van der Waals surface area contributed by atoms with Gasteiger partial charge in [0.15, 0.2) is 0 Å². The molecule has 2 rings (SSSR count). The second-order valence-electron chi connectivity index (χ2n) is 3.95. The van der Waals surface area contributed by atoms with Gasteiger partial charge in [-0.2, -0.15) is 0 Å². The molecule has 0 aromatic heterocycles. The van der Waals surface area contributed by atoms with Gasteiger partial charge in [-0.1, -0.05) is 0 Å². The molecule has 0 saturated carbocycles. The fourth-order valence-electron chi connectivity index (χ4n) is 1.85. The van der Waals surface area contributed by atoms with Gasteiger partial charge in [-0.25, -0.2) is 8.78 Å². The molecule has 0 N–H and O–H groups in total. The molecule has 1 fully saturated rings. The van der Waals surface area contributed by atoms with Gasteiger partial charge in [-0.15, -0.1) is 0 Å². The van der Waals surface area contributed by atoms with E-state index in [-0.39, 0.29) is 0 Å². The van der Waals surface area contributed by atoms with Crippen LogP contribution in [0.5, 0.6) is 0 Å². The molecule has 1 aliphatic rings. The molecular formula is C12H11F2NO2. The van der Waals surface area contributed by atoms with Crippen molar-refractivity contribution in [1.29, 1.82) is 0 Å². The van der Waals surface area contributed by atoms with Crippen molar-refractivity contribution in [2.24, 2.45) is 0 Å². The maximum Gasteiger partial charge on any atom is 0.295 e. The van der Waals surface area contributed by atoms with E-state index in [1.807, 2.05) is 0 Å². The number of Topliss-reactive ketones (excluding diaryl/α,β-unsaturated/α-hetero) is 1. The van der Waals surface area contributed by atoms with Crippen molar-refractivity contribution in [1.82, 2.24) is 4.90 Å². The van der Waals surface area contributed by atoms with Crippen LogP contribution in [0.2, 0.25) is 0 Å². The minimum absolute atomic E-state index is 0.498. The summed E-state index contributed by atoms with van der Waals surface area (Å²) in [4.78, 5) is 24.8. The molecule has 3 nitrogen and oxygen atoms in total. The molecule has 17 heavy (non-hydrogen) atoms. The van der Waals surface area contributed by atoms with Crippen molar-refractivity contribution in [3.63, 3.8) is 0 Å². The quantitative estimate of drug-likeness (QED) is 0.582. The maximum absolute atomic E-state index is 13.3. The molecule has 0 unspecified atom stereocenters. The first kappa shape index (κ1) is 11.7. The highest BCUT2D eigenvalue weighted by Gasteiger charge is 2.27. The number of benzene rings is 1. The third-order valence-electron chi connectivity index (χ3n) is 2.76. The number of carbonyl (C=O) groups excluding carboxylic acids is 2. The van der Waals surface area contributed by atoms with E-state index >= 15 is 0 Å². The lowest BCUT2D eigenvalue weighted by Crippen LogP contribution is -2.34. The lowest BCUT2D eigenvalue weighted by Gasteiger charge is -2.14. The van der Waals surface area contributed by atoms with Gasteiger partial charge in [0.05, 0.1) is 5.56 Å². The van der Waals surface area contributed by atoms with E-state index in [1.165, 1.54) is 4.90 Å². The number of ketones is 1. The zero-order chi connectivity index (χ0) is 12.4. The molecule has 1 amide bonds. The number of nitrogens with zero attached hydrogens (tertiary/aromatic N) is 1. The van der Waals surface area contributed by atoms with E-state index in [4.69, 9.17) is 0 Å². The van der Waals surface area contributed by atoms with Crippen LogP contribution in [-0.2, 0) is 4.79 Å². The summed E-state index contributed by atoms with van der Waals surface area (Å²) in [5.41, 5.74) is -0.498. The van der Waals surface area contributed by atoms with Gasteiger partial charge in [0.1, 0.15) is 11.6 Å². The predicted molar refractivity (Wildman–Crippen MR) is 56.5 cm³/mol. The fourth-order valence-corrected chi connectivity index (χ4v) is 1.85. The Morgan fingerprint density at radius 2 is 1.76 bits per heavy atom. The van der Waals surface area contributed by atoms with E-state index in [2.05, 4.69) is 0 Å². The molecule has 0 bridgehead atoms. The maximum atomic E-state index is 13.3. The van der Waals surface area contributed by atoms with Gasteiger partial charge in [0.25, 0.3) is 11.7 Å². The summed E-state index contributed by atoms with van der Waals surface area (Å²) in [5, 5.41) is 0. The van der Waals surface area contributed by atoms with Crippen molar-refractivity contribution in [3.05, 3.63) is 35.4 Å². The number of hydrogen-bond acceptors (Lipinski definition) is 2. The normalized spacial score (nSPS) is 15.1. The first-order valence-corrected chi connectivity index (χ1v) is 5.38. The van der Waals surface area contributed by atoms with E-state index in [0.29, 0.717) is 13.1 Å². The summed E-state index contributed by atoms with van der Waals surface area (Å²) < 4.78 is 26.2. The van der Waals surface area contributed by atoms with Crippen molar-refractivity contribution < 1.29 is 18.4 Å². The van der Waals surface area contributed by atoms with Crippen LogP contribution in [0.3, 0.4) is 0 Å². The first-order chi connectivity index (χ1) is 8.09. The number of amides is 1. The van der Waals surface area contributed by atoms with E-state index in [0.717, 1.165) is 31.0 Å². The fraction of sp³-hybridized carbons (Fsp3) is 0.333. The minimum atomic E-state index is -0.982. The molecule has 1 saturated heterocycles. The molecule has 1 aromatic rings. The van der Waals surface area contributed by atoms with Crippen molar-refractivity contribution in [2.75, 3.05) is 13.1 Å². The molecule has 0 radical (unpaired) electrons. The van der Waals surface area contributed by atoms with Crippen molar-refractivity contribution in [2.45, 2.75) is 12.8 Å². The summed E-state index contributed by atoms with van der Waals surface area (Å²) >= 11 is 0. The van der Waals surface area contributed by atoms with Crippen LogP contribution in [0.1, 0.15) is 23.2 Å². The predicted octanol–water partition coefficient (Wildman–Crippen LogP) is 1.77. The van der Waals surface area contributed by atoms with Crippen LogP contribution in [0.25, 0.3) is 0 Å². The summed E-state index contributed by atoms with van der Waals surface area (Å²) in [6.07, 6.45) is 1.68. The summed E-state index contributed by atoms with van der Waals surface area (Å²) in [6, 6.07) is 2.51. The minimum Gasteiger partial charge on any atom is -0.336 e. The Morgan fingerprint density at radius 1 is 1.12 bits per heavy atom. The molecule has 1 heterocycles. The van der Waals surface area contributed by atoms with Gasteiger partial charge >= 0.3 is 0 Å². The first-order valence-electron chi connectivity index (χ1n) is 5.38. The Labute approximate surface area is 97.0 Å². The van der Waals surface area contributed by atoms with Crippen molar-refractivity contribution >= 4 is 11.7 Å². The standard InChI is InChI=1S/C12H11F2NO2/c13-8-3-4-10(14)9(7-8)11(16)12(17)15-5-1-2-6-15/h3-4,7H,1-2,5-6H2. The molecule has 1 aromatic carbocycles. The third kappa shape index (κ3) is 2.33. The smallest absolute Gasteiger partial charge is 0.295 e. The molecule has 0 spiro atoms. The number of carbonyl (C=O) groups is 2. The second-order valence-corrected chi connectivity index (χ2v) is 3.95. The van der Waals surface area contributed by atoms with Crippen LogP contribution in [0.4, 0.5) is 8.78 Å². The summed E-state index contributed by atoms with van der Waals surface area (Å²) in [6.45, 7) is 1.00. The highest BCUT2D eigenvalue weighted by Crippen LogP contribution is 2.14. The Bertz CT molecular complexity index is 468. The van der Waals surface area contributed by atoms with Crippen LogP contribution in [0, 0.1) is 11.6 Å². The number of hydrogen-bond donors (Lipinski definition) is 0. The lowest BCUT2D eigenvalue weighted by atomic mass is 10.1. The van der Waals surface area contributed by atoms with E-state index in [9.17, 15) is 18.4 Å². The number of halogens is 2. The average Bonchev–Trinajstić information content (AvgIpc) is 2.84. The largest absolute Gasteiger partial charge is 0.336 e. The topological polar surface area (TPSA) is 37.4 Å². The Kier molecular flexibility index (Phi) is 3.17. The number of rotatable bonds is 2. The molecule has 1 aliphatic heterocycles. The zero-order valence-corrected chi connectivity index (χ0v) is 9.08. The number of likely N-dealkylation sites (tertiary alicyclic amines) is 1. The molecule has 0 aliphatic carbocycles. The zero-order valence-electron chi connectivity index (χ0n) is 9.08. The third-order valence-corrected chi connectivity index (χ3v) is 2.76. The summed E-state index contributed by atoms with van der Waals surface area (Å²) in [7, 11) is 0. The van der Waals surface area contributed by atoms with E-state index in [1.54, 1.807) is 0 Å². The molecule has 90 valence electrons. The van der Waals surface area contributed by atoms with Crippen LogP contribution >= 0.6 is 0 Å². The van der Waals surface area contributed by atoms with E-state index < -0.39 is 28.9 Å². The average molecular weight is 239 g/mol. The van der Waals surface area contributed by atoms with Gasteiger partial charge in [0.2, 0.25) is 0 Å². The Balaban J connectivity index is 2.24. The highest BCUT2D eigenvalue weighted by molar-refractivity contribution is 6.42. The second kappa shape index (κ2) is 4.61. The molecular weight excluding hydrogens is 228 g/mol. The van der Waals surface area contributed by atoms with Gasteiger partial charge < -0.3 is 4.90 Å². The van der Waals surface area contributed by atoms with Crippen LogP contribution < -0.4 is 0 Å². The van der Waals surface area contributed by atoms with Crippen molar-refractivity contribution in [3.8, 4) is 0 Å². The van der Waals surface area contributed by atoms with Crippen LogP contribution in [-0.4, -0.2) is 29.7 Å². The Morgan fingerprint density at radius 3 is 2.41 bits per heavy atom. The Hall–Kier alpha value is -1.78. The monoisotopic (exact) mass is 239 g/mol. The molecule has 5 heteroatoms. The summed E-state index contributed by atoms with van der Waals surface area (Å²) in [5.74, 6) is -3.34. The van der Waals surface area contributed by atoms with Gasteiger partial charge in [-0.3, -0.25) is 9.59 Å². The highest BCUT2D eigenvalue weighted by atomic mass is 19.1. The SMILES string of the molecule is O=C(C(=O)N1CCCC1)c1cc(F)ccc1F. The lowest BCUT2D eigenvalue weighted by molar-refractivity contribution is -0.125. The van der Waals surface area contributed by atoms with Gasteiger partial charge in [0, 0.05) is 13.1 Å². The van der Waals surface area contributed by atoms with Gasteiger partial charge in [-0.05, 0) is 31.0 Å². The van der Waals surface area contributed by atoms with Crippen LogP contribution in [0.15, 0.2) is 18.2 Å². The molecule has 0 atom stereocenters.